The standard InChI is InChI=1S/C22H27N3O2/c1-25(15-21(26)24-22(16-23)10-4-3-5-11-22)14-17-6-7-19-13-20(27-2)9-8-18(19)12-17/h6-9,12-13H,3-5,10-11,14-15H2,1-2H3,(H,24,26). The van der Waals surface area contributed by atoms with Gasteiger partial charge < -0.3 is 10.1 Å². The number of amides is 1. The van der Waals surface area contributed by atoms with Crippen LogP contribution in [0.1, 0.15) is 37.7 Å². The van der Waals surface area contributed by atoms with Crippen molar-refractivity contribution in [3.63, 3.8) is 0 Å². The predicted octanol–water partition coefficient (Wildman–Crippen LogP) is 3.62. The molecule has 0 spiro atoms. The van der Waals surface area contributed by atoms with E-state index in [1.807, 2.05) is 30.1 Å². The first-order chi connectivity index (χ1) is 13.0. The second-order valence-electron chi connectivity index (χ2n) is 7.52. The number of hydrogen-bond acceptors (Lipinski definition) is 4. The third-order valence-electron chi connectivity index (χ3n) is 5.28. The smallest absolute Gasteiger partial charge is 0.235 e. The van der Waals surface area contributed by atoms with Gasteiger partial charge in [0.05, 0.1) is 19.7 Å². The molecule has 0 saturated heterocycles. The van der Waals surface area contributed by atoms with Crippen molar-refractivity contribution >= 4 is 16.7 Å². The van der Waals surface area contributed by atoms with Crippen molar-refractivity contribution in [1.29, 1.82) is 5.26 Å². The zero-order chi connectivity index (χ0) is 19.3. The van der Waals surface area contributed by atoms with E-state index in [2.05, 4.69) is 29.6 Å². The number of hydrogen-bond donors (Lipinski definition) is 1. The molecule has 1 N–H and O–H groups in total. The summed E-state index contributed by atoms with van der Waals surface area (Å²) in [4.78, 5) is 14.4. The molecule has 1 amide bonds. The summed E-state index contributed by atoms with van der Waals surface area (Å²) in [5.41, 5.74) is 0.480. The van der Waals surface area contributed by atoms with E-state index in [1.165, 1.54) is 0 Å². The number of benzene rings is 2. The van der Waals surface area contributed by atoms with Gasteiger partial charge in [-0.3, -0.25) is 9.69 Å². The molecule has 0 heterocycles. The first-order valence-corrected chi connectivity index (χ1v) is 9.51. The fraction of sp³-hybridized carbons (Fsp3) is 0.455. The molecular formula is C22H27N3O2. The molecule has 1 aliphatic rings. The minimum Gasteiger partial charge on any atom is -0.497 e. The average Bonchev–Trinajstić information content (AvgIpc) is 2.68. The molecule has 5 heteroatoms. The van der Waals surface area contributed by atoms with Crippen molar-refractivity contribution in [1.82, 2.24) is 10.2 Å². The Morgan fingerprint density at radius 2 is 1.89 bits per heavy atom. The molecule has 1 aliphatic carbocycles. The SMILES string of the molecule is COc1ccc2cc(CN(C)CC(=O)NC3(C#N)CCCCC3)ccc2c1. The van der Waals surface area contributed by atoms with Crippen LogP contribution >= 0.6 is 0 Å². The lowest BCUT2D eigenvalue weighted by Crippen LogP contribution is -2.51. The molecule has 2 aromatic rings. The third kappa shape index (κ3) is 4.78. The van der Waals surface area contributed by atoms with Gasteiger partial charge in [-0.2, -0.15) is 5.26 Å². The lowest BCUT2D eigenvalue weighted by molar-refractivity contribution is -0.123. The number of nitrogens with zero attached hydrogens (tertiary/aromatic N) is 2. The Morgan fingerprint density at radius 1 is 1.19 bits per heavy atom. The summed E-state index contributed by atoms with van der Waals surface area (Å²) >= 11 is 0. The van der Waals surface area contributed by atoms with E-state index in [1.54, 1.807) is 7.11 Å². The molecule has 142 valence electrons. The first-order valence-electron chi connectivity index (χ1n) is 9.51. The molecule has 0 aromatic heterocycles. The maximum atomic E-state index is 12.4. The first kappa shape index (κ1) is 19.2. The maximum Gasteiger partial charge on any atom is 0.235 e. The van der Waals surface area contributed by atoms with Crippen LogP contribution in [-0.2, 0) is 11.3 Å². The molecule has 27 heavy (non-hydrogen) atoms. The Bertz CT molecular complexity index is 850. The van der Waals surface area contributed by atoms with Gasteiger partial charge in [0.15, 0.2) is 0 Å². The van der Waals surface area contributed by atoms with Gasteiger partial charge >= 0.3 is 0 Å². The molecular weight excluding hydrogens is 338 g/mol. The highest BCUT2D eigenvalue weighted by Crippen LogP contribution is 2.27. The van der Waals surface area contributed by atoms with E-state index in [0.717, 1.165) is 54.2 Å². The van der Waals surface area contributed by atoms with Gasteiger partial charge in [-0.25, -0.2) is 0 Å². The van der Waals surface area contributed by atoms with Gasteiger partial charge in [0.1, 0.15) is 11.3 Å². The molecule has 5 nitrogen and oxygen atoms in total. The number of carbonyl (C=O) groups excluding carboxylic acids is 1. The average molecular weight is 365 g/mol. The fourth-order valence-corrected chi connectivity index (χ4v) is 3.84. The predicted molar refractivity (Wildman–Crippen MR) is 106 cm³/mol. The molecule has 0 atom stereocenters. The van der Waals surface area contributed by atoms with Crippen molar-refractivity contribution in [3.8, 4) is 11.8 Å². The van der Waals surface area contributed by atoms with Crippen LogP contribution < -0.4 is 10.1 Å². The summed E-state index contributed by atoms with van der Waals surface area (Å²) in [5.74, 6) is 0.768. The molecule has 0 aliphatic heterocycles. The molecule has 0 radical (unpaired) electrons. The number of rotatable bonds is 6. The minimum atomic E-state index is -0.668. The van der Waals surface area contributed by atoms with E-state index in [0.29, 0.717) is 6.54 Å². The van der Waals surface area contributed by atoms with Crippen LogP contribution in [0, 0.1) is 11.3 Å². The monoisotopic (exact) mass is 365 g/mol. The maximum absolute atomic E-state index is 12.4. The summed E-state index contributed by atoms with van der Waals surface area (Å²) in [5, 5.41) is 14.8. The van der Waals surface area contributed by atoms with Crippen molar-refractivity contribution < 1.29 is 9.53 Å². The van der Waals surface area contributed by atoms with Crippen LogP contribution in [0.15, 0.2) is 36.4 Å². The number of nitrogens with one attached hydrogen (secondary N) is 1. The lowest BCUT2D eigenvalue weighted by Gasteiger charge is -2.32. The van der Waals surface area contributed by atoms with Crippen molar-refractivity contribution in [2.75, 3.05) is 20.7 Å². The zero-order valence-electron chi connectivity index (χ0n) is 16.1. The highest BCUT2D eigenvalue weighted by Gasteiger charge is 2.33. The van der Waals surface area contributed by atoms with Gasteiger partial charge in [-0.1, -0.05) is 37.5 Å². The molecule has 1 fully saturated rings. The summed E-state index contributed by atoms with van der Waals surface area (Å²) in [7, 11) is 3.59. The number of methoxy groups -OCH3 is 1. The molecule has 2 aromatic carbocycles. The minimum absolute atomic E-state index is 0.0773. The number of likely N-dealkylation sites (N-methyl/N-ethyl adjacent to an activating group) is 1. The summed E-state index contributed by atoms with van der Waals surface area (Å²) in [6.07, 6.45) is 4.67. The summed E-state index contributed by atoms with van der Waals surface area (Å²) < 4.78 is 5.26. The highest BCUT2D eigenvalue weighted by molar-refractivity contribution is 5.84. The van der Waals surface area contributed by atoms with Gasteiger partial charge in [0, 0.05) is 6.54 Å². The summed E-state index contributed by atoms with van der Waals surface area (Å²) in [6, 6.07) is 14.6. The molecule has 0 unspecified atom stereocenters. The van der Waals surface area contributed by atoms with E-state index < -0.39 is 5.54 Å². The largest absolute Gasteiger partial charge is 0.497 e. The van der Waals surface area contributed by atoms with Crippen LogP contribution in [0.2, 0.25) is 0 Å². The Morgan fingerprint density at radius 3 is 2.59 bits per heavy atom. The Balaban J connectivity index is 1.60. The topological polar surface area (TPSA) is 65.4 Å². The zero-order valence-corrected chi connectivity index (χ0v) is 16.1. The van der Waals surface area contributed by atoms with E-state index in [9.17, 15) is 10.1 Å². The number of carbonyl (C=O) groups is 1. The van der Waals surface area contributed by atoms with E-state index >= 15 is 0 Å². The van der Waals surface area contributed by atoms with Gasteiger partial charge in [-0.15, -0.1) is 0 Å². The molecule has 1 saturated carbocycles. The lowest BCUT2D eigenvalue weighted by atomic mass is 9.83. The number of ether oxygens (including phenoxy) is 1. The van der Waals surface area contributed by atoms with Crippen molar-refractivity contribution in [2.45, 2.75) is 44.2 Å². The van der Waals surface area contributed by atoms with Gasteiger partial charge in [0.25, 0.3) is 0 Å². The highest BCUT2D eigenvalue weighted by atomic mass is 16.5. The van der Waals surface area contributed by atoms with Gasteiger partial charge in [-0.05, 0) is 54.4 Å². The quantitative estimate of drug-likeness (QED) is 0.849. The van der Waals surface area contributed by atoms with Crippen LogP contribution in [0.3, 0.4) is 0 Å². The van der Waals surface area contributed by atoms with Crippen LogP contribution in [0.25, 0.3) is 10.8 Å². The van der Waals surface area contributed by atoms with Crippen LogP contribution in [0.5, 0.6) is 5.75 Å². The van der Waals surface area contributed by atoms with Crippen LogP contribution in [0.4, 0.5) is 0 Å². The van der Waals surface area contributed by atoms with E-state index in [-0.39, 0.29) is 12.5 Å². The third-order valence-corrected chi connectivity index (χ3v) is 5.28. The second-order valence-corrected chi connectivity index (χ2v) is 7.52. The van der Waals surface area contributed by atoms with Crippen molar-refractivity contribution in [2.24, 2.45) is 0 Å². The Kier molecular flexibility index (Phi) is 5.98. The summed E-state index contributed by atoms with van der Waals surface area (Å²) in [6.45, 7) is 0.957. The molecule has 0 bridgehead atoms. The van der Waals surface area contributed by atoms with Crippen LogP contribution in [-0.4, -0.2) is 37.0 Å². The van der Waals surface area contributed by atoms with Gasteiger partial charge in [0.2, 0.25) is 5.91 Å². The second kappa shape index (κ2) is 8.41. The van der Waals surface area contributed by atoms with Crippen molar-refractivity contribution in [3.05, 3.63) is 42.0 Å². The molecule has 3 rings (SSSR count). The Hall–Kier alpha value is -2.58. The fourth-order valence-electron chi connectivity index (χ4n) is 3.84. The van der Waals surface area contributed by atoms with E-state index in [4.69, 9.17) is 4.74 Å². The normalized spacial score (nSPS) is 16.1. The number of nitriles is 1. The Labute approximate surface area is 160 Å². The number of fused-ring (bicyclic) bond motifs is 1.